The van der Waals surface area contributed by atoms with Crippen LogP contribution in [0.25, 0.3) is 11.5 Å². The van der Waals surface area contributed by atoms with Gasteiger partial charge >= 0.3 is 6.01 Å². The van der Waals surface area contributed by atoms with E-state index in [4.69, 9.17) is 9.15 Å². The molecule has 3 rings (SSSR count). The molecule has 1 aromatic carbocycles. The molecule has 1 N–H and O–H groups in total. The second-order valence-electron chi connectivity index (χ2n) is 4.97. The number of rotatable bonds is 7. The lowest BCUT2D eigenvalue weighted by Gasteiger charge is -2.03. The van der Waals surface area contributed by atoms with Gasteiger partial charge in [-0.3, -0.25) is 15.1 Å². The summed E-state index contributed by atoms with van der Waals surface area (Å²) in [7, 11) is 1.63. The number of carbonyl (C=O) groups excluding carboxylic acids is 1. The summed E-state index contributed by atoms with van der Waals surface area (Å²) < 4.78 is 10.5. The van der Waals surface area contributed by atoms with Gasteiger partial charge in [-0.25, -0.2) is 0 Å². The third-order valence-corrected chi connectivity index (χ3v) is 4.27. The highest BCUT2D eigenvalue weighted by molar-refractivity contribution is 7.99. The first kappa shape index (κ1) is 17.0. The van der Waals surface area contributed by atoms with Crippen molar-refractivity contribution >= 4 is 23.7 Å². The standard InChI is InChI=1S/C17H16N4O3S/c1-23-13-2-4-14(5-3-13)25-11-8-15(22)19-17-21-20-16(24-17)12-6-9-18-10-7-12/h2-7,9-10H,8,11H2,1H3,(H,19,21,22). The number of thioether (sulfide) groups is 1. The van der Waals surface area contributed by atoms with Crippen molar-refractivity contribution in [3.05, 3.63) is 48.8 Å². The minimum absolute atomic E-state index is 0.0891. The fraction of sp³-hybridized carbons (Fsp3) is 0.176. The van der Waals surface area contributed by atoms with Gasteiger partial charge in [0.05, 0.1) is 7.11 Å². The van der Waals surface area contributed by atoms with Crippen LogP contribution >= 0.6 is 11.8 Å². The van der Waals surface area contributed by atoms with Crippen LogP contribution in [-0.4, -0.2) is 34.0 Å². The fourth-order valence-corrected chi connectivity index (χ4v) is 2.85. The van der Waals surface area contributed by atoms with E-state index in [0.29, 0.717) is 18.1 Å². The Kier molecular flexibility index (Phi) is 5.63. The maximum Gasteiger partial charge on any atom is 0.322 e. The Morgan fingerprint density at radius 1 is 1.16 bits per heavy atom. The highest BCUT2D eigenvalue weighted by Crippen LogP contribution is 2.22. The quantitative estimate of drug-likeness (QED) is 0.650. The summed E-state index contributed by atoms with van der Waals surface area (Å²) in [5.41, 5.74) is 0.748. The van der Waals surface area contributed by atoms with Crippen molar-refractivity contribution in [2.75, 3.05) is 18.2 Å². The Bertz CT molecular complexity index is 821. The maximum atomic E-state index is 12.0. The number of benzene rings is 1. The Balaban J connectivity index is 1.47. The molecule has 0 aliphatic carbocycles. The van der Waals surface area contributed by atoms with Crippen LogP contribution in [0.15, 0.2) is 58.1 Å². The van der Waals surface area contributed by atoms with Crippen LogP contribution in [0.2, 0.25) is 0 Å². The Morgan fingerprint density at radius 2 is 1.92 bits per heavy atom. The molecule has 25 heavy (non-hydrogen) atoms. The number of nitrogens with zero attached hydrogens (tertiary/aromatic N) is 3. The van der Waals surface area contributed by atoms with Gasteiger partial charge in [0, 0.05) is 35.0 Å². The van der Waals surface area contributed by atoms with E-state index in [2.05, 4.69) is 20.5 Å². The van der Waals surface area contributed by atoms with Gasteiger partial charge < -0.3 is 9.15 Å². The summed E-state index contributed by atoms with van der Waals surface area (Å²) in [4.78, 5) is 17.0. The topological polar surface area (TPSA) is 90.1 Å². The largest absolute Gasteiger partial charge is 0.497 e. The average Bonchev–Trinajstić information content (AvgIpc) is 3.11. The number of anilines is 1. The molecule has 0 radical (unpaired) electrons. The van der Waals surface area contributed by atoms with E-state index >= 15 is 0 Å². The molecule has 0 saturated carbocycles. The van der Waals surface area contributed by atoms with Crippen LogP contribution in [0, 0.1) is 0 Å². The molecule has 0 spiro atoms. The highest BCUT2D eigenvalue weighted by atomic mass is 32.2. The first-order valence-corrected chi connectivity index (χ1v) is 8.54. The number of methoxy groups -OCH3 is 1. The van der Waals surface area contributed by atoms with Gasteiger partial charge in [-0.05, 0) is 36.4 Å². The van der Waals surface area contributed by atoms with Gasteiger partial charge in [0.2, 0.25) is 11.8 Å². The zero-order valence-corrected chi connectivity index (χ0v) is 14.3. The number of hydrogen-bond donors (Lipinski definition) is 1. The van der Waals surface area contributed by atoms with Crippen LogP contribution in [-0.2, 0) is 4.79 Å². The van der Waals surface area contributed by atoms with Gasteiger partial charge in [0.25, 0.3) is 0 Å². The third kappa shape index (κ3) is 4.80. The number of carbonyl (C=O) groups is 1. The fourth-order valence-electron chi connectivity index (χ4n) is 2.00. The third-order valence-electron chi connectivity index (χ3n) is 3.26. The van der Waals surface area contributed by atoms with Crippen molar-refractivity contribution in [1.82, 2.24) is 15.2 Å². The molecule has 0 bridgehead atoms. The summed E-state index contributed by atoms with van der Waals surface area (Å²) in [6.07, 6.45) is 3.60. The molecule has 2 aromatic heterocycles. The minimum Gasteiger partial charge on any atom is -0.497 e. The first-order valence-electron chi connectivity index (χ1n) is 7.55. The van der Waals surface area contributed by atoms with Crippen LogP contribution < -0.4 is 10.1 Å². The number of amides is 1. The van der Waals surface area contributed by atoms with Crippen molar-refractivity contribution in [3.63, 3.8) is 0 Å². The lowest BCUT2D eigenvalue weighted by Crippen LogP contribution is -2.12. The average molecular weight is 356 g/mol. The summed E-state index contributed by atoms with van der Waals surface area (Å²) >= 11 is 1.59. The zero-order valence-electron chi connectivity index (χ0n) is 13.5. The van der Waals surface area contributed by atoms with Crippen LogP contribution in [0.3, 0.4) is 0 Å². The number of ether oxygens (including phenoxy) is 1. The van der Waals surface area contributed by atoms with E-state index in [1.807, 2.05) is 24.3 Å². The molecule has 128 valence electrons. The molecule has 0 saturated heterocycles. The number of hydrogen-bond acceptors (Lipinski definition) is 7. The first-order chi connectivity index (χ1) is 12.2. The normalized spacial score (nSPS) is 10.4. The molecule has 2 heterocycles. The molecule has 0 atom stereocenters. The monoisotopic (exact) mass is 356 g/mol. The van der Waals surface area contributed by atoms with E-state index < -0.39 is 0 Å². The van der Waals surface area contributed by atoms with Crippen molar-refractivity contribution in [2.24, 2.45) is 0 Å². The molecule has 0 aliphatic heterocycles. The van der Waals surface area contributed by atoms with E-state index in [9.17, 15) is 4.79 Å². The molecule has 8 heteroatoms. The second-order valence-corrected chi connectivity index (χ2v) is 6.14. The van der Waals surface area contributed by atoms with Crippen molar-refractivity contribution in [1.29, 1.82) is 0 Å². The van der Waals surface area contributed by atoms with Gasteiger partial charge in [-0.15, -0.1) is 16.9 Å². The second kappa shape index (κ2) is 8.29. The zero-order chi connectivity index (χ0) is 17.5. The lowest BCUT2D eigenvalue weighted by molar-refractivity contribution is -0.115. The van der Waals surface area contributed by atoms with E-state index in [1.54, 1.807) is 43.4 Å². The van der Waals surface area contributed by atoms with Crippen LogP contribution in [0.4, 0.5) is 6.01 Å². The summed E-state index contributed by atoms with van der Waals surface area (Å²) in [6.45, 7) is 0. The van der Waals surface area contributed by atoms with Gasteiger partial charge in [0.15, 0.2) is 0 Å². The van der Waals surface area contributed by atoms with Crippen molar-refractivity contribution in [2.45, 2.75) is 11.3 Å². The van der Waals surface area contributed by atoms with E-state index in [1.165, 1.54) is 0 Å². The Morgan fingerprint density at radius 3 is 2.64 bits per heavy atom. The number of nitrogens with one attached hydrogen (secondary N) is 1. The maximum absolute atomic E-state index is 12.0. The summed E-state index contributed by atoms with van der Waals surface area (Å²) in [6, 6.07) is 11.3. The molecule has 0 unspecified atom stereocenters. The molecule has 7 nitrogen and oxygen atoms in total. The molecular formula is C17H16N4O3S. The smallest absolute Gasteiger partial charge is 0.322 e. The molecule has 1 amide bonds. The van der Waals surface area contributed by atoms with Gasteiger partial charge in [0.1, 0.15) is 5.75 Å². The Labute approximate surface area is 148 Å². The molecular weight excluding hydrogens is 340 g/mol. The van der Waals surface area contributed by atoms with Crippen molar-refractivity contribution in [3.8, 4) is 17.2 Å². The van der Waals surface area contributed by atoms with E-state index in [-0.39, 0.29) is 11.9 Å². The Hall–Kier alpha value is -2.87. The molecule has 3 aromatic rings. The van der Waals surface area contributed by atoms with Gasteiger partial charge in [-0.2, -0.15) is 0 Å². The lowest BCUT2D eigenvalue weighted by atomic mass is 10.3. The SMILES string of the molecule is COc1ccc(SCCC(=O)Nc2nnc(-c3ccncc3)o2)cc1. The van der Waals surface area contributed by atoms with Gasteiger partial charge in [-0.1, -0.05) is 5.10 Å². The number of aromatic nitrogens is 3. The predicted molar refractivity (Wildman–Crippen MR) is 94.5 cm³/mol. The van der Waals surface area contributed by atoms with Crippen LogP contribution in [0.5, 0.6) is 5.75 Å². The predicted octanol–water partition coefficient (Wildman–Crippen LogP) is 3.26. The molecule has 0 fully saturated rings. The number of pyridine rings is 1. The van der Waals surface area contributed by atoms with E-state index in [0.717, 1.165) is 16.2 Å². The minimum atomic E-state index is -0.175. The summed E-state index contributed by atoms with van der Waals surface area (Å²) in [5.74, 6) is 1.61. The van der Waals surface area contributed by atoms with Crippen molar-refractivity contribution < 1.29 is 13.9 Å². The summed E-state index contributed by atoms with van der Waals surface area (Å²) in [5, 5.41) is 10.3. The van der Waals surface area contributed by atoms with Crippen LogP contribution in [0.1, 0.15) is 6.42 Å². The molecule has 0 aliphatic rings. The highest BCUT2D eigenvalue weighted by Gasteiger charge is 2.11.